The Hall–Kier alpha value is -3.32. The van der Waals surface area contributed by atoms with Crippen molar-refractivity contribution in [3.63, 3.8) is 0 Å². The van der Waals surface area contributed by atoms with Crippen molar-refractivity contribution in [1.82, 2.24) is 19.5 Å². The quantitative estimate of drug-likeness (QED) is 0.437. The van der Waals surface area contributed by atoms with Crippen LogP contribution in [0.3, 0.4) is 0 Å². The monoisotopic (exact) mass is 467 g/mol. The number of fused-ring (bicyclic) bond motifs is 1. The van der Waals surface area contributed by atoms with E-state index in [1.165, 1.54) is 6.92 Å². The molecule has 34 heavy (non-hydrogen) atoms. The Labute approximate surface area is 198 Å². The predicted octanol–water partition coefficient (Wildman–Crippen LogP) is 0.702. The molecule has 1 aromatic carbocycles. The SMILES string of the molecule is [C-]#[N+]CCN(C)C(CNC(C)=O)C1CCN(c2ccc3c(=O)n(N)c(=O)n(C4CC4)c3c2C)C1. The summed E-state index contributed by atoms with van der Waals surface area (Å²) in [5.74, 6) is 6.04. The van der Waals surface area contributed by atoms with Crippen LogP contribution in [-0.2, 0) is 4.79 Å². The second-order valence-corrected chi connectivity index (χ2v) is 9.53. The first-order valence-corrected chi connectivity index (χ1v) is 11.8. The Morgan fingerprint density at radius 1 is 1.32 bits per heavy atom. The molecule has 182 valence electrons. The molecule has 10 heteroatoms. The summed E-state index contributed by atoms with van der Waals surface area (Å²) in [5.41, 5.74) is 1.68. The lowest BCUT2D eigenvalue weighted by molar-refractivity contribution is -0.119. The van der Waals surface area contributed by atoms with Gasteiger partial charge in [0, 0.05) is 44.3 Å². The van der Waals surface area contributed by atoms with E-state index in [1.807, 2.05) is 20.0 Å². The standard InChI is InChI=1S/C24H33N7O3/c1-15-20(8-7-19-22(15)30(18-5-6-18)24(34)31(25)23(19)33)29-11-9-17(14-29)21(13-27-16(2)32)28(4)12-10-26-3/h7-8,17-18,21H,5-6,9-14,25H2,1-2,4H3,(H,27,32). The number of amides is 1. The maximum Gasteiger partial charge on any atom is 0.350 e. The number of nitrogens with zero attached hydrogens (tertiary/aromatic N) is 5. The van der Waals surface area contributed by atoms with E-state index in [2.05, 4.69) is 20.0 Å². The number of nitrogen functional groups attached to an aromatic ring is 1. The van der Waals surface area contributed by atoms with Crippen molar-refractivity contribution in [3.05, 3.63) is 50.0 Å². The first-order valence-electron chi connectivity index (χ1n) is 11.8. The van der Waals surface area contributed by atoms with Gasteiger partial charge in [0.2, 0.25) is 12.5 Å². The van der Waals surface area contributed by atoms with Crippen LogP contribution >= 0.6 is 0 Å². The maximum atomic E-state index is 12.8. The molecule has 2 heterocycles. The molecule has 0 radical (unpaired) electrons. The second-order valence-electron chi connectivity index (χ2n) is 9.53. The molecule has 0 bridgehead atoms. The fourth-order valence-corrected chi connectivity index (χ4v) is 5.24. The highest BCUT2D eigenvalue weighted by atomic mass is 16.2. The van der Waals surface area contributed by atoms with Crippen molar-refractivity contribution in [2.75, 3.05) is 50.5 Å². The van der Waals surface area contributed by atoms with Crippen LogP contribution in [-0.4, -0.2) is 65.9 Å². The van der Waals surface area contributed by atoms with Crippen molar-refractivity contribution in [2.24, 2.45) is 5.92 Å². The topological polar surface area (TPSA) is 110 Å². The lowest BCUT2D eigenvalue weighted by Crippen LogP contribution is -2.47. The fourth-order valence-electron chi connectivity index (χ4n) is 5.24. The molecule has 2 aliphatic rings. The molecule has 10 nitrogen and oxygen atoms in total. The highest BCUT2D eigenvalue weighted by Gasteiger charge is 2.34. The molecule has 1 saturated heterocycles. The third kappa shape index (κ3) is 4.40. The molecule has 1 aliphatic carbocycles. The van der Waals surface area contributed by atoms with Gasteiger partial charge in [-0.25, -0.2) is 11.4 Å². The Balaban J connectivity index is 1.66. The van der Waals surface area contributed by atoms with E-state index in [0.717, 1.165) is 48.3 Å². The normalized spacial score (nSPS) is 18.9. The molecule has 4 rings (SSSR count). The van der Waals surface area contributed by atoms with Gasteiger partial charge in [-0.15, -0.1) is 0 Å². The summed E-state index contributed by atoms with van der Waals surface area (Å²) in [6, 6.07) is 3.94. The largest absolute Gasteiger partial charge is 0.371 e. The third-order valence-electron chi connectivity index (χ3n) is 7.22. The molecule has 2 atom stereocenters. The van der Waals surface area contributed by atoms with Gasteiger partial charge in [-0.05, 0) is 56.8 Å². The van der Waals surface area contributed by atoms with Crippen molar-refractivity contribution < 1.29 is 4.79 Å². The van der Waals surface area contributed by atoms with Crippen LogP contribution in [0.5, 0.6) is 0 Å². The number of nitrogens with two attached hydrogens (primary N) is 1. The third-order valence-corrected chi connectivity index (χ3v) is 7.22. The number of rotatable bonds is 8. The first-order chi connectivity index (χ1) is 16.2. The zero-order valence-electron chi connectivity index (χ0n) is 20.1. The van der Waals surface area contributed by atoms with E-state index < -0.39 is 11.2 Å². The highest BCUT2D eigenvalue weighted by molar-refractivity contribution is 5.87. The van der Waals surface area contributed by atoms with Gasteiger partial charge in [0.15, 0.2) is 0 Å². The average molecular weight is 468 g/mol. The van der Waals surface area contributed by atoms with E-state index in [9.17, 15) is 14.4 Å². The van der Waals surface area contributed by atoms with E-state index in [1.54, 1.807) is 10.6 Å². The number of carbonyl (C=O) groups excluding carboxylic acids is 1. The predicted molar refractivity (Wildman–Crippen MR) is 133 cm³/mol. The molecule has 3 N–H and O–H groups in total. The minimum absolute atomic E-state index is 0.0626. The molecule has 2 unspecified atom stereocenters. The number of carbonyl (C=O) groups is 1. The van der Waals surface area contributed by atoms with Gasteiger partial charge < -0.3 is 20.9 Å². The van der Waals surface area contributed by atoms with E-state index in [-0.39, 0.29) is 18.0 Å². The lowest BCUT2D eigenvalue weighted by Gasteiger charge is -2.32. The van der Waals surface area contributed by atoms with Crippen LogP contribution < -0.4 is 27.3 Å². The van der Waals surface area contributed by atoms with Crippen LogP contribution in [0.2, 0.25) is 0 Å². The minimum atomic E-state index is -0.470. The lowest BCUT2D eigenvalue weighted by atomic mass is 9.97. The summed E-state index contributed by atoms with van der Waals surface area (Å²) >= 11 is 0. The van der Waals surface area contributed by atoms with Crippen LogP contribution in [0, 0.1) is 19.4 Å². The molecule has 2 fully saturated rings. The maximum absolute atomic E-state index is 12.8. The number of anilines is 1. The summed E-state index contributed by atoms with van der Waals surface area (Å²) in [6.07, 6.45) is 2.76. The molecule has 1 saturated carbocycles. The summed E-state index contributed by atoms with van der Waals surface area (Å²) in [5, 5.41) is 3.42. The van der Waals surface area contributed by atoms with E-state index >= 15 is 0 Å². The van der Waals surface area contributed by atoms with Crippen molar-refractivity contribution >= 4 is 22.5 Å². The Morgan fingerprint density at radius 3 is 2.71 bits per heavy atom. The van der Waals surface area contributed by atoms with Crippen LogP contribution in [0.15, 0.2) is 21.7 Å². The van der Waals surface area contributed by atoms with E-state index in [0.29, 0.717) is 36.5 Å². The van der Waals surface area contributed by atoms with Crippen LogP contribution in [0.1, 0.15) is 37.8 Å². The zero-order chi connectivity index (χ0) is 24.6. The van der Waals surface area contributed by atoms with Gasteiger partial charge in [0.25, 0.3) is 5.56 Å². The van der Waals surface area contributed by atoms with Crippen LogP contribution in [0.25, 0.3) is 15.7 Å². The van der Waals surface area contributed by atoms with Gasteiger partial charge in [0.1, 0.15) is 0 Å². The molecule has 1 aliphatic heterocycles. The second kappa shape index (κ2) is 9.50. The molecule has 2 aromatic rings. The van der Waals surface area contributed by atoms with Crippen LogP contribution in [0.4, 0.5) is 5.69 Å². The molecule has 1 amide bonds. The number of hydrogen-bond donors (Lipinski definition) is 2. The van der Waals surface area contributed by atoms with Gasteiger partial charge >= 0.3 is 5.69 Å². The fraction of sp³-hybridized carbons (Fsp3) is 0.583. The summed E-state index contributed by atoms with van der Waals surface area (Å²) in [4.78, 5) is 45.1. The number of nitrogens with one attached hydrogen (secondary N) is 1. The number of likely N-dealkylation sites (N-methyl/N-ethyl adjacent to an activating group) is 1. The average Bonchev–Trinajstić information content (AvgIpc) is 3.53. The Kier molecular flexibility index (Phi) is 6.66. The zero-order valence-corrected chi connectivity index (χ0v) is 20.1. The Morgan fingerprint density at radius 2 is 2.06 bits per heavy atom. The number of hydrogen-bond acceptors (Lipinski definition) is 6. The molecule has 0 spiro atoms. The highest BCUT2D eigenvalue weighted by Crippen LogP contribution is 2.38. The molecule has 1 aromatic heterocycles. The van der Waals surface area contributed by atoms with Crippen molar-refractivity contribution in [2.45, 2.75) is 45.2 Å². The Bertz CT molecular complexity index is 1250. The van der Waals surface area contributed by atoms with Gasteiger partial charge in [0.05, 0.1) is 17.4 Å². The first kappa shape index (κ1) is 23.8. The number of aryl methyl sites for hydroxylation is 1. The van der Waals surface area contributed by atoms with Crippen molar-refractivity contribution in [1.29, 1.82) is 0 Å². The molecular weight excluding hydrogens is 434 g/mol. The van der Waals surface area contributed by atoms with Gasteiger partial charge in [-0.2, -0.15) is 4.68 Å². The summed E-state index contributed by atoms with van der Waals surface area (Å²) < 4.78 is 2.41. The smallest absolute Gasteiger partial charge is 0.350 e. The van der Waals surface area contributed by atoms with Gasteiger partial charge in [-0.3, -0.25) is 19.1 Å². The number of benzene rings is 1. The minimum Gasteiger partial charge on any atom is -0.371 e. The van der Waals surface area contributed by atoms with Crippen molar-refractivity contribution in [3.8, 4) is 0 Å². The number of aromatic nitrogens is 2. The summed E-state index contributed by atoms with van der Waals surface area (Å²) in [6.45, 7) is 13.8. The summed E-state index contributed by atoms with van der Waals surface area (Å²) in [7, 11) is 2.01. The molecular formula is C24H33N7O3. The van der Waals surface area contributed by atoms with Gasteiger partial charge in [-0.1, -0.05) is 0 Å². The van der Waals surface area contributed by atoms with E-state index in [4.69, 9.17) is 12.4 Å².